The summed E-state index contributed by atoms with van der Waals surface area (Å²) in [4.78, 5) is -0.124. The molecule has 0 saturated heterocycles. The monoisotopic (exact) mass is 454 g/mol. The SMILES string of the molecule is COc1cccc(OC)c1S(=O)(=O)Nc1noc2cc(Br)c3c(c12)OCC3. The summed E-state index contributed by atoms with van der Waals surface area (Å²) in [6.07, 6.45) is 0.712. The van der Waals surface area contributed by atoms with E-state index in [1.54, 1.807) is 12.1 Å². The maximum absolute atomic E-state index is 13.1. The van der Waals surface area contributed by atoms with E-state index >= 15 is 0 Å². The van der Waals surface area contributed by atoms with Crippen molar-refractivity contribution in [3.8, 4) is 17.2 Å². The minimum Gasteiger partial charge on any atom is -0.495 e. The molecule has 0 spiro atoms. The van der Waals surface area contributed by atoms with Gasteiger partial charge in [-0.3, -0.25) is 4.72 Å². The highest BCUT2D eigenvalue weighted by Crippen LogP contribution is 2.43. The number of aromatic nitrogens is 1. The summed E-state index contributed by atoms with van der Waals surface area (Å²) in [5.74, 6) is 0.909. The zero-order chi connectivity index (χ0) is 19.2. The maximum Gasteiger partial charge on any atom is 0.270 e. The van der Waals surface area contributed by atoms with Gasteiger partial charge < -0.3 is 18.7 Å². The van der Waals surface area contributed by atoms with Crippen LogP contribution in [-0.2, 0) is 16.4 Å². The average molecular weight is 455 g/mol. The lowest BCUT2D eigenvalue weighted by molar-refractivity contribution is 0.360. The molecule has 0 bridgehead atoms. The van der Waals surface area contributed by atoms with Crippen molar-refractivity contribution in [2.45, 2.75) is 11.3 Å². The highest BCUT2D eigenvalue weighted by Gasteiger charge is 2.30. The van der Waals surface area contributed by atoms with Crippen LogP contribution in [0.1, 0.15) is 5.56 Å². The predicted molar refractivity (Wildman–Crippen MR) is 101 cm³/mol. The number of hydrogen-bond acceptors (Lipinski definition) is 7. The van der Waals surface area contributed by atoms with Gasteiger partial charge in [-0.15, -0.1) is 0 Å². The second-order valence-electron chi connectivity index (χ2n) is 5.77. The van der Waals surface area contributed by atoms with E-state index in [2.05, 4.69) is 25.8 Å². The molecule has 1 N–H and O–H groups in total. The van der Waals surface area contributed by atoms with Gasteiger partial charge in [-0.1, -0.05) is 27.2 Å². The molecular weight excluding hydrogens is 440 g/mol. The summed E-state index contributed by atoms with van der Waals surface area (Å²) in [6.45, 7) is 0.505. The van der Waals surface area contributed by atoms with Crippen LogP contribution < -0.4 is 18.9 Å². The third kappa shape index (κ3) is 2.88. The normalized spacial score (nSPS) is 13.3. The van der Waals surface area contributed by atoms with Crippen molar-refractivity contribution in [2.24, 2.45) is 0 Å². The lowest BCUT2D eigenvalue weighted by Crippen LogP contribution is -2.15. The number of benzene rings is 2. The van der Waals surface area contributed by atoms with Crippen LogP contribution >= 0.6 is 15.9 Å². The Labute approximate surface area is 163 Å². The number of nitrogens with one attached hydrogen (secondary N) is 1. The molecule has 1 aromatic heterocycles. The molecule has 2 heterocycles. The lowest BCUT2D eigenvalue weighted by atomic mass is 10.1. The Hall–Kier alpha value is -2.46. The highest BCUT2D eigenvalue weighted by atomic mass is 79.9. The summed E-state index contributed by atoms with van der Waals surface area (Å²) in [7, 11) is -1.30. The molecule has 0 amide bonds. The third-order valence-corrected chi connectivity index (χ3v) is 6.36. The number of halogens is 1. The number of nitrogens with zero attached hydrogens (tertiary/aromatic N) is 1. The molecule has 4 rings (SSSR count). The number of anilines is 1. The van der Waals surface area contributed by atoms with Gasteiger partial charge in [0.25, 0.3) is 10.0 Å². The smallest absolute Gasteiger partial charge is 0.270 e. The molecule has 1 aliphatic heterocycles. The van der Waals surface area contributed by atoms with Crippen molar-refractivity contribution < 1.29 is 27.2 Å². The van der Waals surface area contributed by atoms with E-state index in [9.17, 15) is 8.42 Å². The first-order valence-corrected chi connectivity index (χ1v) is 10.2. The fourth-order valence-corrected chi connectivity index (χ4v) is 4.97. The van der Waals surface area contributed by atoms with Gasteiger partial charge in [0.15, 0.2) is 16.3 Å². The molecule has 0 radical (unpaired) electrons. The summed E-state index contributed by atoms with van der Waals surface area (Å²) in [6, 6.07) is 6.46. The van der Waals surface area contributed by atoms with Crippen molar-refractivity contribution in [1.29, 1.82) is 0 Å². The van der Waals surface area contributed by atoms with Crippen LogP contribution in [0, 0.1) is 0 Å². The summed E-state index contributed by atoms with van der Waals surface area (Å²) >= 11 is 3.47. The zero-order valence-electron chi connectivity index (χ0n) is 14.4. The van der Waals surface area contributed by atoms with Crippen LogP contribution in [0.4, 0.5) is 5.82 Å². The van der Waals surface area contributed by atoms with Crippen molar-refractivity contribution in [3.05, 3.63) is 34.3 Å². The van der Waals surface area contributed by atoms with Gasteiger partial charge in [-0.2, -0.15) is 0 Å². The molecule has 0 atom stereocenters. The second kappa shape index (κ2) is 6.61. The molecule has 0 unspecified atom stereocenters. The molecule has 8 nitrogen and oxygen atoms in total. The largest absolute Gasteiger partial charge is 0.495 e. The number of methoxy groups -OCH3 is 2. The molecule has 3 aromatic rings. The Morgan fingerprint density at radius 1 is 1.22 bits per heavy atom. The Morgan fingerprint density at radius 2 is 1.93 bits per heavy atom. The number of fused-ring (bicyclic) bond motifs is 3. The molecule has 0 aliphatic carbocycles. The van der Waals surface area contributed by atoms with E-state index in [0.717, 1.165) is 10.0 Å². The van der Waals surface area contributed by atoms with Crippen LogP contribution in [0.15, 0.2) is 38.2 Å². The van der Waals surface area contributed by atoms with Crippen LogP contribution in [0.25, 0.3) is 11.0 Å². The van der Waals surface area contributed by atoms with Gasteiger partial charge in [0.05, 0.1) is 20.8 Å². The first kappa shape index (κ1) is 17.9. The highest BCUT2D eigenvalue weighted by molar-refractivity contribution is 9.10. The van der Waals surface area contributed by atoms with Crippen LogP contribution in [0.3, 0.4) is 0 Å². The first-order chi connectivity index (χ1) is 13.0. The van der Waals surface area contributed by atoms with E-state index in [-0.39, 0.29) is 22.2 Å². The van der Waals surface area contributed by atoms with Crippen LogP contribution in [0.2, 0.25) is 0 Å². The predicted octanol–water partition coefficient (Wildman–Crippen LogP) is 3.34. The number of hydrogen-bond donors (Lipinski definition) is 1. The Kier molecular flexibility index (Phi) is 4.39. The Balaban J connectivity index is 1.85. The van der Waals surface area contributed by atoms with Gasteiger partial charge >= 0.3 is 0 Å². The van der Waals surface area contributed by atoms with E-state index in [4.69, 9.17) is 18.7 Å². The van der Waals surface area contributed by atoms with Gasteiger partial charge in [0.2, 0.25) is 0 Å². The molecule has 1 aliphatic rings. The summed E-state index contributed by atoms with van der Waals surface area (Å²) in [5, 5.41) is 4.36. The van der Waals surface area contributed by atoms with Crippen molar-refractivity contribution in [2.75, 3.05) is 25.5 Å². The summed E-state index contributed by atoms with van der Waals surface area (Å²) in [5.41, 5.74) is 1.35. The molecule has 27 heavy (non-hydrogen) atoms. The number of ether oxygens (including phenoxy) is 3. The van der Waals surface area contributed by atoms with E-state index < -0.39 is 10.0 Å². The lowest BCUT2D eigenvalue weighted by Gasteiger charge is -2.14. The van der Waals surface area contributed by atoms with Crippen molar-refractivity contribution in [3.63, 3.8) is 0 Å². The van der Waals surface area contributed by atoms with Gasteiger partial charge in [-0.25, -0.2) is 8.42 Å². The number of rotatable bonds is 5. The van der Waals surface area contributed by atoms with Crippen molar-refractivity contribution >= 4 is 42.7 Å². The fourth-order valence-electron chi connectivity index (χ4n) is 3.06. The van der Waals surface area contributed by atoms with Gasteiger partial charge in [0, 0.05) is 16.5 Å². The van der Waals surface area contributed by atoms with Crippen LogP contribution in [-0.4, -0.2) is 34.4 Å². The average Bonchev–Trinajstić information content (AvgIpc) is 3.28. The van der Waals surface area contributed by atoms with E-state index in [1.807, 2.05) is 0 Å². The standard InChI is InChI=1S/C17H15BrN2O6S/c1-23-11-4-3-5-12(24-2)16(11)27(21,22)20-17-14-13(26-19-17)8-10(18)9-6-7-25-15(9)14/h3-5,8H,6-7H2,1-2H3,(H,19,20). The topological polar surface area (TPSA) is 99.9 Å². The van der Waals surface area contributed by atoms with Gasteiger partial charge in [-0.05, 0) is 18.2 Å². The molecule has 10 heteroatoms. The van der Waals surface area contributed by atoms with E-state index in [0.29, 0.717) is 29.7 Å². The maximum atomic E-state index is 13.1. The third-order valence-electron chi connectivity index (χ3n) is 4.25. The molecule has 0 fully saturated rings. The minimum absolute atomic E-state index is 0.0450. The quantitative estimate of drug-likeness (QED) is 0.630. The van der Waals surface area contributed by atoms with Crippen LogP contribution in [0.5, 0.6) is 17.2 Å². The minimum atomic E-state index is -4.08. The zero-order valence-corrected chi connectivity index (χ0v) is 16.8. The first-order valence-electron chi connectivity index (χ1n) is 7.93. The Morgan fingerprint density at radius 3 is 2.59 bits per heavy atom. The number of sulfonamides is 1. The Bertz CT molecular complexity index is 1120. The molecule has 142 valence electrons. The molecule has 0 saturated carbocycles. The van der Waals surface area contributed by atoms with Gasteiger partial charge in [0.1, 0.15) is 22.6 Å². The summed E-state index contributed by atoms with van der Waals surface area (Å²) < 4.78 is 50.8. The van der Waals surface area contributed by atoms with E-state index in [1.165, 1.54) is 26.4 Å². The second-order valence-corrected chi connectivity index (χ2v) is 8.24. The molecule has 2 aromatic carbocycles. The molecular formula is C17H15BrN2O6S. The fraction of sp³-hybridized carbons (Fsp3) is 0.235. The van der Waals surface area contributed by atoms with Crippen molar-refractivity contribution in [1.82, 2.24) is 5.16 Å².